The molecule has 0 fully saturated rings. The molecule has 9 aromatic rings. The molecule has 9 rings (SSSR count). The normalized spacial score (nSPS) is 11.7. The predicted octanol–water partition coefficient (Wildman–Crippen LogP) is 12.0. The highest BCUT2D eigenvalue weighted by molar-refractivity contribution is 6.28. The third-order valence-corrected chi connectivity index (χ3v) is 8.85. The number of hydrogen-bond donors (Lipinski definition) is 0. The molecule has 0 N–H and O–H groups in total. The number of para-hydroxylation sites is 1. The molecule has 0 aliphatic rings. The van der Waals surface area contributed by atoms with E-state index in [1.54, 1.807) is 0 Å². The summed E-state index contributed by atoms with van der Waals surface area (Å²) in [4.78, 5) is 0. The fraction of sp³-hybridized carbons (Fsp3) is 0. The molecule has 0 spiro atoms. The van der Waals surface area contributed by atoms with Crippen LogP contribution in [0.3, 0.4) is 0 Å². The van der Waals surface area contributed by atoms with Gasteiger partial charge in [0.2, 0.25) is 0 Å². The highest BCUT2D eigenvalue weighted by Crippen LogP contribution is 2.44. The second-order valence-corrected chi connectivity index (χ2v) is 11.3. The van der Waals surface area contributed by atoms with Crippen LogP contribution in [0.15, 0.2) is 162 Å². The van der Waals surface area contributed by atoms with E-state index in [2.05, 4.69) is 140 Å². The fourth-order valence-electron chi connectivity index (χ4n) is 6.72. The van der Waals surface area contributed by atoms with Crippen molar-refractivity contribution in [3.05, 3.63) is 158 Å². The van der Waals surface area contributed by atoms with Gasteiger partial charge < -0.3 is 4.42 Å². The summed E-state index contributed by atoms with van der Waals surface area (Å²) < 4.78 is 6.17. The summed E-state index contributed by atoms with van der Waals surface area (Å²) >= 11 is 0. The second-order valence-electron chi connectivity index (χ2n) is 11.3. The molecule has 0 unspecified atom stereocenters. The standard InChI is InChI=1S/C42H26O/c1-2-7-27(8-3-1)28-13-15-29(16-14-28)37-26-38(36-24-22-33-11-6-10-32-21-23-35(37)42(36)41(32)33)30-17-19-31(20-18-30)40-25-34-9-4-5-12-39(34)43-40/h1-26H. The van der Waals surface area contributed by atoms with Gasteiger partial charge in [0.1, 0.15) is 11.3 Å². The molecule has 1 heteroatoms. The van der Waals surface area contributed by atoms with Crippen LogP contribution in [0.2, 0.25) is 0 Å². The maximum atomic E-state index is 6.17. The van der Waals surface area contributed by atoms with Gasteiger partial charge in [0, 0.05) is 10.9 Å². The van der Waals surface area contributed by atoms with E-state index in [1.165, 1.54) is 65.7 Å². The smallest absolute Gasteiger partial charge is 0.135 e. The van der Waals surface area contributed by atoms with Crippen molar-refractivity contribution in [3.8, 4) is 44.7 Å². The molecule has 43 heavy (non-hydrogen) atoms. The Morgan fingerprint density at radius 1 is 0.326 bits per heavy atom. The van der Waals surface area contributed by atoms with Gasteiger partial charge in [-0.3, -0.25) is 0 Å². The Labute approximate surface area is 249 Å². The molecular weight excluding hydrogens is 520 g/mol. The summed E-state index contributed by atoms with van der Waals surface area (Å²) in [5.74, 6) is 0.891. The molecule has 1 aromatic heterocycles. The van der Waals surface area contributed by atoms with E-state index in [4.69, 9.17) is 4.42 Å². The SMILES string of the molecule is c1ccc(-c2ccc(-c3cc(-c4ccc(-c5cc6ccccc6o5)cc4)c4ccc5cccc6ccc3c4c65)cc2)cc1. The molecule has 200 valence electrons. The van der Waals surface area contributed by atoms with Crippen molar-refractivity contribution in [1.82, 2.24) is 0 Å². The Hall–Kier alpha value is -5.66. The van der Waals surface area contributed by atoms with Gasteiger partial charge in [-0.05, 0) is 83.9 Å². The molecule has 1 nitrogen and oxygen atoms in total. The van der Waals surface area contributed by atoms with Gasteiger partial charge in [-0.1, -0.05) is 140 Å². The summed E-state index contributed by atoms with van der Waals surface area (Å²) in [5.41, 5.74) is 9.35. The lowest BCUT2D eigenvalue weighted by atomic mass is 9.85. The third kappa shape index (κ3) is 3.86. The van der Waals surface area contributed by atoms with Gasteiger partial charge in [0.15, 0.2) is 0 Å². The number of furan rings is 1. The van der Waals surface area contributed by atoms with Crippen LogP contribution in [-0.2, 0) is 0 Å². The van der Waals surface area contributed by atoms with E-state index in [0.717, 1.165) is 22.3 Å². The van der Waals surface area contributed by atoms with Crippen molar-refractivity contribution in [1.29, 1.82) is 0 Å². The van der Waals surface area contributed by atoms with Crippen LogP contribution < -0.4 is 0 Å². The molecule has 0 aliphatic heterocycles. The number of fused-ring (bicyclic) bond motifs is 1. The van der Waals surface area contributed by atoms with E-state index < -0.39 is 0 Å². The molecule has 0 atom stereocenters. The summed E-state index contributed by atoms with van der Waals surface area (Å²) in [7, 11) is 0. The Kier molecular flexibility index (Phi) is 5.27. The minimum atomic E-state index is 0.891. The van der Waals surface area contributed by atoms with Crippen LogP contribution in [0, 0.1) is 0 Å². The van der Waals surface area contributed by atoms with Crippen molar-refractivity contribution in [2.24, 2.45) is 0 Å². The maximum Gasteiger partial charge on any atom is 0.135 e. The lowest BCUT2D eigenvalue weighted by Crippen LogP contribution is -1.91. The van der Waals surface area contributed by atoms with Crippen molar-refractivity contribution >= 4 is 43.3 Å². The van der Waals surface area contributed by atoms with E-state index in [-0.39, 0.29) is 0 Å². The average Bonchev–Trinajstić information content (AvgIpc) is 3.52. The molecule has 1 heterocycles. The van der Waals surface area contributed by atoms with Crippen molar-refractivity contribution in [3.63, 3.8) is 0 Å². The minimum absolute atomic E-state index is 0.891. The van der Waals surface area contributed by atoms with Gasteiger partial charge in [-0.15, -0.1) is 0 Å². The van der Waals surface area contributed by atoms with E-state index in [9.17, 15) is 0 Å². The molecule has 0 amide bonds. The first kappa shape index (κ1) is 24.0. The van der Waals surface area contributed by atoms with Crippen LogP contribution in [0.4, 0.5) is 0 Å². The summed E-state index contributed by atoms with van der Waals surface area (Å²) in [5, 5.41) is 8.90. The highest BCUT2D eigenvalue weighted by atomic mass is 16.3. The van der Waals surface area contributed by atoms with Gasteiger partial charge in [-0.25, -0.2) is 0 Å². The van der Waals surface area contributed by atoms with Gasteiger partial charge in [0.25, 0.3) is 0 Å². The summed E-state index contributed by atoms with van der Waals surface area (Å²) in [6.07, 6.45) is 0. The number of rotatable bonds is 4. The van der Waals surface area contributed by atoms with Gasteiger partial charge >= 0.3 is 0 Å². The Morgan fingerprint density at radius 2 is 0.860 bits per heavy atom. The molecule has 8 aromatic carbocycles. The zero-order valence-corrected chi connectivity index (χ0v) is 23.4. The first-order valence-electron chi connectivity index (χ1n) is 14.8. The van der Waals surface area contributed by atoms with E-state index in [1.807, 2.05) is 18.2 Å². The highest BCUT2D eigenvalue weighted by Gasteiger charge is 2.17. The van der Waals surface area contributed by atoms with Crippen LogP contribution >= 0.6 is 0 Å². The van der Waals surface area contributed by atoms with Crippen molar-refractivity contribution in [2.45, 2.75) is 0 Å². The molecule has 0 radical (unpaired) electrons. The van der Waals surface area contributed by atoms with Crippen molar-refractivity contribution < 1.29 is 4.42 Å². The topological polar surface area (TPSA) is 13.1 Å². The van der Waals surface area contributed by atoms with Crippen LogP contribution in [0.1, 0.15) is 0 Å². The van der Waals surface area contributed by atoms with Crippen LogP contribution in [-0.4, -0.2) is 0 Å². The summed E-state index contributed by atoms with van der Waals surface area (Å²) in [6.45, 7) is 0. The largest absolute Gasteiger partial charge is 0.456 e. The lowest BCUT2D eigenvalue weighted by molar-refractivity contribution is 0.631. The van der Waals surface area contributed by atoms with E-state index >= 15 is 0 Å². The number of benzene rings is 8. The minimum Gasteiger partial charge on any atom is -0.456 e. The molecular formula is C42H26O. The van der Waals surface area contributed by atoms with Crippen LogP contribution in [0.5, 0.6) is 0 Å². The molecule has 0 saturated heterocycles. The molecule has 0 aliphatic carbocycles. The zero-order chi connectivity index (χ0) is 28.3. The summed E-state index contributed by atoms with van der Waals surface area (Å²) in [6, 6.07) is 56.9. The maximum absolute atomic E-state index is 6.17. The van der Waals surface area contributed by atoms with Gasteiger partial charge in [0.05, 0.1) is 0 Å². The average molecular weight is 547 g/mol. The first-order valence-corrected chi connectivity index (χ1v) is 14.8. The van der Waals surface area contributed by atoms with E-state index in [0.29, 0.717) is 0 Å². The Morgan fingerprint density at radius 3 is 1.51 bits per heavy atom. The second kappa shape index (κ2) is 9.44. The Balaban J connectivity index is 1.24. The quantitative estimate of drug-likeness (QED) is 0.200. The Bertz CT molecular complexity index is 2360. The molecule has 0 bridgehead atoms. The predicted molar refractivity (Wildman–Crippen MR) is 182 cm³/mol. The van der Waals surface area contributed by atoms with Crippen molar-refractivity contribution in [2.75, 3.05) is 0 Å². The first-order chi connectivity index (χ1) is 21.3. The number of hydrogen-bond acceptors (Lipinski definition) is 1. The van der Waals surface area contributed by atoms with Crippen LogP contribution in [0.25, 0.3) is 88.0 Å². The zero-order valence-electron chi connectivity index (χ0n) is 23.4. The van der Waals surface area contributed by atoms with Gasteiger partial charge in [-0.2, -0.15) is 0 Å². The third-order valence-electron chi connectivity index (χ3n) is 8.85. The fourth-order valence-corrected chi connectivity index (χ4v) is 6.72. The lowest BCUT2D eigenvalue weighted by Gasteiger charge is -2.18. The molecule has 0 saturated carbocycles. The monoisotopic (exact) mass is 546 g/mol.